The molecule has 7 heteroatoms. The summed E-state index contributed by atoms with van der Waals surface area (Å²) in [5.41, 5.74) is 2.15. The van der Waals surface area contributed by atoms with Gasteiger partial charge in [0.2, 0.25) is 0 Å². The van der Waals surface area contributed by atoms with Crippen molar-refractivity contribution in [1.82, 2.24) is 19.8 Å². The Kier molecular flexibility index (Phi) is 5.83. The smallest absolute Gasteiger partial charge is 0.409 e. The van der Waals surface area contributed by atoms with Crippen LogP contribution < -0.4 is 0 Å². The number of benzene rings is 1. The van der Waals surface area contributed by atoms with Crippen molar-refractivity contribution in [3.63, 3.8) is 0 Å². The molecule has 1 amide bonds. The fraction of sp³-hybridized carbons (Fsp3) is 0.389. The second kappa shape index (κ2) is 8.27. The van der Waals surface area contributed by atoms with Gasteiger partial charge in [-0.25, -0.2) is 14.8 Å². The zero-order chi connectivity index (χ0) is 17.6. The SMILES string of the molecule is CCOC(=O)N1CCN(C(c2ccc(Cl)cc2)c2cncnc2)CC1. The molecule has 1 aliphatic rings. The van der Waals surface area contributed by atoms with Crippen LogP contribution in [0.5, 0.6) is 0 Å². The highest BCUT2D eigenvalue weighted by Crippen LogP contribution is 2.29. The summed E-state index contributed by atoms with van der Waals surface area (Å²) in [5, 5.41) is 0.707. The van der Waals surface area contributed by atoms with Gasteiger partial charge in [0, 0.05) is 49.2 Å². The lowest BCUT2D eigenvalue weighted by Crippen LogP contribution is -2.50. The molecule has 1 aliphatic heterocycles. The second-order valence-electron chi connectivity index (χ2n) is 5.85. The van der Waals surface area contributed by atoms with Gasteiger partial charge in [0.05, 0.1) is 12.6 Å². The second-order valence-corrected chi connectivity index (χ2v) is 6.28. The summed E-state index contributed by atoms with van der Waals surface area (Å²) in [6.07, 6.45) is 4.96. The van der Waals surface area contributed by atoms with Crippen LogP contribution in [0.1, 0.15) is 24.1 Å². The van der Waals surface area contributed by atoms with E-state index in [1.165, 1.54) is 6.33 Å². The molecule has 1 aromatic carbocycles. The Morgan fingerprint density at radius 3 is 2.36 bits per heavy atom. The third-order valence-electron chi connectivity index (χ3n) is 4.29. The normalized spacial score (nSPS) is 16.5. The first kappa shape index (κ1) is 17.6. The third-order valence-corrected chi connectivity index (χ3v) is 4.54. The molecule has 1 saturated heterocycles. The molecule has 0 aliphatic carbocycles. The number of carbonyl (C=O) groups excluding carboxylic acids is 1. The lowest BCUT2D eigenvalue weighted by atomic mass is 9.98. The van der Waals surface area contributed by atoms with Crippen molar-refractivity contribution in [1.29, 1.82) is 0 Å². The van der Waals surface area contributed by atoms with E-state index in [1.807, 2.05) is 43.6 Å². The first-order chi connectivity index (χ1) is 12.2. The van der Waals surface area contributed by atoms with Crippen LogP contribution in [0.2, 0.25) is 5.02 Å². The highest BCUT2D eigenvalue weighted by atomic mass is 35.5. The minimum absolute atomic E-state index is 0.0304. The maximum Gasteiger partial charge on any atom is 0.409 e. The van der Waals surface area contributed by atoms with Crippen LogP contribution in [0.3, 0.4) is 0 Å². The van der Waals surface area contributed by atoms with E-state index in [9.17, 15) is 4.79 Å². The molecule has 0 saturated carbocycles. The number of piperazine rings is 1. The summed E-state index contributed by atoms with van der Waals surface area (Å²) < 4.78 is 5.09. The van der Waals surface area contributed by atoms with Crippen molar-refractivity contribution in [2.45, 2.75) is 13.0 Å². The molecule has 1 aromatic heterocycles. The van der Waals surface area contributed by atoms with Crippen molar-refractivity contribution >= 4 is 17.7 Å². The maximum atomic E-state index is 11.9. The van der Waals surface area contributed by atoms with Crippen LogP contribution in [0.4, 0.5) is 4.79 Å². The van der Waals surface area contributed by atoms with Crippen LogP contribution in [0, 0.1) is 0 Å². The highest BCUT2D eigenvalue weighted by molar-refractivity contribution is 6.30. The minimum Gasteiger partial charge on any atom is -0.450 e. The van der Waals surface area contributed by atoms with E-state index in [4.69, 9.17) is 16.3 Å². The maximum absolute atomic E-state index is 11.9. The lowest BCUT2D eigenvalue weighted by molar-refractivity contribution is 0.0714. The topological polar surface area (TPSA) is 58.6 Å². The summed E-state index contributed by atoms with van der Waals surface area (Å²) in [5.74, 6) is 0. The molecule has 0 spiro atoms. The van der Waals surface area contributed by atoms with Gasteiger partial charge in [-0.2, -0.15) is 0 Å². The van der Waals surface area contributed by atoms with Gasteiger partial charge < -0.3 is 9.64 Å². The van der Waals surface area contributed by atoms with Gasteiger partial charge in [-0.1, -0.05) is 23.7 Å². The minimum atomic E-state index is -0.242. The van der Waals surface area contributed by atoms with Crippen LogP contribution in [0.25, 0.3) is 0 Å². The van der Waals surface area contributed by atoms with Gasteiger partial charge >= 0.3 is 6.09 Å². The van der Waals surface area contributed by atoms with Gasteiger partial charge in [0.15, 0.2) is 0 Å². The van der Waals surface area contributed by atoms with E-state index < -0.39 is 0 Å². The number of hydrogen-bond donors (Lipinski definition) is 0. The molecule has 1 unspecified atom stereocenters. The molecule has 2 aromatic rings. The highest BCUT2D eigenvalue weighted by Gasteiger charge is 2.29. The van der Waals surface area contributed by atoms with Crippen molar-refractivity contribution in [3.05, 3.63) is 59.1 Å². The van der Waals surface area contributed by atoms with Gasteiger partial charge in [-0.3, -0.25) is 4.90 Å². The van der Waals surface area contributed by atoms with Gasteiger partial charge in [0.25, 0.3) is 0 Å². The number of amides is 1. The Hall–Kier alpha value is -2.18. The number of hydrogen-bond acceptors (Lipinski definition) is 5. The van der Waals surface area contributed by atoms with E-state index in [-0.39, 0.29) is 12.1 Å². The van der Waals surface area contributed by atoms with Crippen molar-refractivity contribution in [2.75, 3.05) is 32.8 Å². The Morgan fingerprint density at radius 1 is 1.12 bits per heavy atom. The van der Waals surface area contributed by atoms with Crippen LogP contribution in [0.15, 0.2) is 43.0 Å². The monoisotopic (exact) mass is 360 g/mol. The van der Waals surface area contributed by atoms with Crippen LogP contribution >= 0.6 is 11.6 Å². The van der Waals surface area contributed by atoms with Gasteiger partial charge in [0.1, 0.15) is 6.33 Å². The predicted molar refractivity (Wildman–Crippen MR) is 95.5 cm³/mol. The summed E-state index contributed by atoms with van der Waals surface area (Å²) in [4.78, 5) is 24.3. The molecule has 25 heavy (non-hydrogen) atoms. The van der Waals surface area contributed by atoms with Crippen LogP contribution in [-0.2, 0) is 4.74 Å². The number of carbonyl (C=O) groups is 1. The van der Waals surface area contributed by atoms with E-state index in [0.29, 0.717) is 24.7 Å². The molecular formula is C18H21ClN4O2. The van der Waals surface area contributed by atoms with E-state index in [2.05, 4.69) is 14.9 Å². The molecule has 2 heterocycles. The number of ether oxygens (including phenoxy) is 1. The quantitative estimate of drug-likeness (QED) is 0.838. The Morgan fingerprint density at radius 2 is 1.76 bits per heavy atom. The van der Waals surface area contributed by atoms with Crippen molar-refractivity contribution in [2.24, 2.45) is 0 Å². The van der Waals surface area contributed by atoms with E-state index >= 15 is 0 Å². The zero-order valence-electron chi connectivity index (χ0n) is 14.1. The van der Waals surface area contributed by atoms with Crippen molar-refractivity contribution in [3.8, 4) is 0 Å². The van der Waals surface area contributed by atoms with Crippen LogP contribution in [-0.4, -0.2) is 58.6 Å². The van der Waals surface area contributed by atoms with Gasteiger partial charge in [-0.15, -0.1) is 0 Å². The average molecular weight is 361 g/mol. The molecule has 1 fully saturated rings. The van der Waals surface area contributed by atoms with E-state index in [0.717, 1.165) is 24.2 Å². The Labute approximate surface area is 152 Å². The first-order valence-corrected chi connectivity index (χ1v) is 8.73. The number of rotatable bonds is 4. The third kappa shape index (κ3) is 4.27. The molecule has 0 radical (unpaired) electrons. The largest absolute Gasteiger partial charge is 0.450 e. The molecule has 3 rings (SSSR count). The zero-order valence-corrected chi connectivity index (χ0v) is 14.9. The fourth-order valence-corrected chi connectivity index (χ4v) is 3.21. The fourth-order valence-electron chi connectivity index (χ4n) is 3.09. The summed E-state index contributed by atoms with van der Waals surface area (Å²) in [6.45, 7) is 4.99. The Bertz CT molecular complexity index is 688. The molecule has 0 bridgehead atoms. The summed E-state index contributed by atoms with van der Waals surface area (Å²) in [6, 6.07) is 7.86. The molecule has 0 N–H and O–H groups in total. The lowest BCUT2D eigenvalue weighted by Gasteiger charge is -2.39. The van der Waals surface area contributed by atoms with Gasteiger partial charge in [-0.05, 0) is 24.6 Å². The Balaban J connectivity index is 1.79. The summed E-state index contributed by atoms with van der Waals surface area (Å²) in [7, 11) is 0. The average Bonchev–Trinajstić information content (AvgIpc) is 2.65. The number of aromatic nitrogens is 2. The predicted octanol–water partition coefficient (Wildman–Crippen LogP) is 2.99. The molecule has 1 atom stereocenters. The first-order valence-electron chi connectivity index (χ1n) is 8.35. The van der Waals surface area contributed by atoms with E-state index in [1.54, 1.807) is 4.90 Å². The molecule has 132 valence electrons. The van der Waals surface area contributed by atoms with Crippen molar-refractivity contribution < 1.29 is 9.53 Å². The molecule has 6 nitrogen and oxygen atoms in total. The molecular weight excluding hydrogens is 340 g/mol. The standard InChI is InChI=1S/C18H21ClN4O2/c1-2-25-18(24)23-9-7-22(8-10-23)17(15-11-20-13-21-12-15)14-3-5-16(19)6-4-14/h3-6,11-13,17H,2,7-10H2,1H3. The number of nitrogens with zero attached hydrogens (tertiary/aromatic N) is 4. The number of halogens is 1. The summed E-state index contributed by atoms with van der Waals surface area (Å²) >= 11 is 6.04.